The first-order valence-corrected chi connectivity index (χ1v) is 9.18. The molecule has 0 aromatic heterocycles. The molecule has 0 unspecified atom stereocenters. The van der Waals surface area contributed by atoms with Gasteiger partial charge in [0.05, 0.1) is 54.4 Å². The Labute approximate surface area is 156 Å². The summed E-state index contributed by atoms with van der Waals surface area (Å²) in [7, 11) is 9.45. The van der Waals surface area contributed by atoms with Gasteiger partial charge in [0.25, 0.3) is 0 Å². The van der Waals surface area contributed by atoms with Crippen LogP contribution in [0, 0.1) is 10.8 Å². The smallest absolute Gasteiger partial charge is 0.0838 e. The second kappa shape index (κ2) is 7.26. The summed E-state index contributed by atoms with van der Waals surface area (Å²) < 4.78 is 2.45. The molecular formula is C19H40IN2+. The van der Waals surface area contributed by atoms with Gasteiger partial charge in [-0.05, 0) is 36.5 Å². The number of nitrogens with zero attached hydrogens (tertiary/aromatic N) is 2. The Morgan fingerprint density at radius 2 is 1.36 bits per heavy atom. The van der Waals surface area contributed by atoms with Crippen LogP contribution in [-0.2, 0) is 0 Å². The highest BCUT2D eigenvalue weighted by Crippen LogP contribution is 2.50. The van der Waals surface area contributed by atoms with Crippen LogP contribution in [0.3, 0.4) is 0 Å². The van der Waals surface area contributed by atoms with Gasteiger partial charge in [-0.1, -0.05) is 13.8 Å². The summed E-state index contributed by atoms with van der Waals surface area (Å²) in [4.78, 5) is 0. The Hall–Kier alpha value is 0.650. The van der Waals surface area contributed by atoms with E-state index in [9.17, 15) is 0 Å². The van der Waals surface area contributed by atoms with Gasteiger partial charge in [-0.3, -0.25) is 0 Å². The molecule has 0 amide bonds. The lowest BCUT2D eigenvalue weighted by molar-refractivity contribution is -0.923. The summed E-state index contributed by atoms with van der Waals surface area (Å²) in [5.74, 6) is 0. The SMILES string of the molecule is CC1(C)CCC2(CC1)CC[N+](C)(CCC[N+](C)(C)C)CC2.[I-]. The van der Waals surface area contributed by atoms with Crippen molar-refractivity contribution in [2.75, 3.05) is 54.4 Å². The highest BCUT2D eigenvalue weighted by molar-refractivity contribution is 4.90. The van der Waals surface area contributed by atoms with Crippen LogP contribution in [0.1, 0.15) is 58.8 Å². The number of likely N-dealkylation sites (tertiary alicyclic amines) is 1. The number of quaternary nitrogens is 2. The van der Waals surface area contributed by atoms with Crippen LogP contribution in [0.15, 0.2) is 0 Å². The van der Waals surface area contributed by atoms with Crippen molar-refractivity contribution in [1.29, 1.82) is 0 Å². The maximum absolute atomic E-state index is 2.51. The summed E-state index contributed by atoms with van der Waals surface area (Å²) >= 11 is 0. The van der Waals surface area contributed by atoms with Crippen LogP contribution in [0.5, 0.6) is 0 Å². The van der Waals surface area contributed by atoms with Crippen LogP contribution in [0.4, 0.5) is 0 Å². The summed E-state index contributed by atoms with van der Waals surface area (Å²) in [6, 6.07) is 0. The van der Waals surface area contributed by atoms with E-state index in [0.717, 1.165) is 9.90 Å². The highest BCUT2D eigenvalue weighted by Gasteiger charge is 2.44. The van der Waals surface area contributed by atoms with Crippen molar-refractivity contribution in [1.82, 2.24) is 0 Å². The van der Waals surface area contributed by atoms with E-state index in [1.165, 1.54) is 75.6 Å². The molecule has 1 saturated carbocycles. The molecule has 0 aromatic rings. The van der Waals surface area contributed by atoms with Gasteiger partial charge in [0.1, 0.15) is 0 Å². The molecule has 0 bridgehead atoms. The second-order valence-corrected chi connectivity index (χ2v) is 10.3. The zero-order valence-corrected chi connectivity index (χ0v) is 18.2. The zero-order chi connectivity index (χ0) is 15.8. The van der Waals surface area contributed by atoms with E-state index in [4.69, 9.17) is 0 Å². The third-order valence-corrected chi connectivity index (χ3v) is 6.56. The standard InChI is InChI=1S/C19H40N2.HI/c1-18(2)8-10-19(11-9-18)12-16-21(6,17-13-19)15-7-14-20(3,4)5;/h7-17H2,1-6H3;1H/q+2;/p-1. The van der Waals surface area contributed by atoms with Crippen molar-refractivity contribution in [2.24, 2.45) is 10.8 Å². The highest BCUT2D eigenvalue weighted by atomic mass is 127. The fourth-order valence-electron chi connectivity index (χ4n) is 4.36. The average Bonchev–Trinajstić information content (AvgIpc) is 2.35. The van der Waals surface area contributed by atoms with Crippen LogP contribution < -0.4 is 24.0 Å². The molecule has 22 heavy (non-hydrogen) atoms. The maximum Gasteiger partial charge on any atom is 0.0838 e. The molecule has 1 saturated heterocycles. The van der Waals surface area contributed by atoms with Gasteiger partial charge in [-0.2, -0.15) is 0 Å². The van der Waals surface area contributed by atoms with E-state index >= 15 is 0 Å². The minimum atomic E-state index is 0. The zero-order valence-electron chi connectivity index (χ0n) is 16.1. The van der Waals surface area contributed by atoms with Crippen molar-refractivity contribution < 1.29 is 32.9 Å². The largest absolute Gasteiger partial charge is 1.00 e. The molecule has 1 heterocycles. The molecule has 0 radical (unpaired) electrons. The van der Waals surface area contributed by atoms with Crippen LogP contribution in [0.2, 0.25) is 0 Å². The molecule has 0 N–H and O–H groups in total. The Bertz CT molecular complexity index is 337. The van der Waals surface area contributed by atoms with E-state index in [2.05, 4.69) is 42.0 Å². The molecule has 2 aliphatic rings. The van der Waals surface area contributed by atoms with E-state index in [0.29, 0.717) is 5.41 Å². The van der Waals surface area contributed by atoms with Crippen LogP contribution >= 0.6 is 0 Å². The Balaban J connectivity index is 0.00000242. The Morgan fingerprint density at radius 3 is 1.82 bits per heavy atom. The quantitative estimate of drug-likeness (QED) is 0.466. The third-order valence-electron chi connectivity index (χ3n) is 6.56. The van der Waals surface area contributed by atoms with E-state index in [-0.39, 0.29) is 24.0 Å². The molecule has 1 spiro atoms. The van der Waals surface area contributed by atoms with Crippen LogP contribution in [0.25, 0.3) is 0 Å². The van der Waals surface area contributed by atoms with Crippen LogP contribution in [-0.4, -0.2) is 63.3 Å². The van der Waals surface area contributed by atoms with Gasteiger partial charge in [0.2, 0.25) is 0 Å². The Kier molecular flexibility index (Phi) is 6.83. The van der Waals surface area contributed by atoms with Gasteiger partial charge in [0, 0.05) is 19.3 Å². The van der Waals surface area contributed by atoms with Gasteiger partial charge in [0.15, 0.2) is 0 Å². The number of hydrogen-bond donors (Lipinski definition) is 0. The van der Waals surface area contributed by atoms with Crippen molar-refractivity contribution in [2.45, 2.75) is 58.8 Å². The second-order valence-electron chi connectivity index (χ2n) is 10.3. The molecule has 1 aliphatic heterocycles. The number of piperidine rings is 1. The van der Waals surface area contributed by atoms with Gasteiger partial charge >= 0.3 is 0 Å². The van der Waals surface area contributed by atoms with Gasteiger partial charge in [-0.15, -0.1) is 0 Å². The molecule has 2 nitrogen and oxygen atoms in total. The van der Waals surface area contributed by atoms with Crippen molar-refractivity contribution >= 4 is 0 Å². The molecule has 2 fully saturated rings. The third kappa shape index (κ3) is 5.94. The molecule has 0 atom stereocenters. The Morgan fingerprint density at radius 1 is 0.864 bits per heavy atom. The summed E-state index contributed by atoms with van der Waals surface area (Å²) in [6.07, 6.45) is 10.3. The van der Waals surface area contributed by atoms with Crippen molar-refractivity contribution in [3.05, 3.63) is 0 Å². The topological polar surface area (TPSA) is 0 Å². The molecule has 1 aliphatic carbocycles. The first-order valence-electron chi connectivity index (χ1n) is 9.18. The first-order chi connectivity index (χ1) is 9.54. The molecule has 0 aromatic carbocycles. The van der Waals surface area contributed by atoms with Crippen molar-refractivity contribution in [3.63, 3.8) is 0 Å². The lowest BCUT2D eigenvalue weighted by atomic mass is 9.61. The summed E-state index contributed by atoms with van der Waals surface area (Å²) in [5, 5.41) is 0. The van der Waals surface area contributed by atoms with E-state index in [1.807, 2.05) is 0 Å². The molecule has 3 heteroatoms. The van der Waals surface area contributed by atoms with E-state index in [1.54, 1.807) is 0 Å². The predicted octanol–water partition coefficient (Wildman–Crippen LogP) is 0.914. The normalized spacial score (nSPS) is 26.5. The lowest BCUT2D eigenvalue weighted by Crippen LogP contribution is -3.00. The minimum absolute atomic E-state index is 0. The lowest BCUT2D eigenvalue weighted by Gasteiger charge is -2.50. The summed E-state index contributed by atoms with van der Waals surface area (Å²) in [5.41, 5.74) is 1.35. The predicted molar refractivity (Wildman–Crippen MR) is 92.2 cm³/mol. The average molecular weight is 423 g/mol. The number of halogens is 1. The van der Waals surface area contributed by atoms with Gasteiger partial charge < -0.3 is 32.9 Å². The van der Waals surface area contributed by atoms with E-state index < -0.39 is 0 Å². The monoisotopic (exact) mass is 423 g/mol. The number of hydrogen-bond acceptors (Lipinski definition) is 0. The maximum atomic E-state index is 2.51. The first kappa shape index (κ1) is 20.7. The number of rotatable bonds is 4. The fourth-order valence-corrected chi connectivity index (χ4v) is 4.36. The molecule has 132 valence electrons. The molecule has 2 rings (SSSR count). The van der Waals surface area contributed by atoms with Gasteiger partial charge in [-0.25, -0.2) is 0 Å². The fraction of sp³-hybridized carbons (Fsp3) is 1.00. The van der Waals surface area contributed by atoms with Crippen molar-refractivity contribution in [3.8, 4) is 0 Å². The summed E-state index contributed by atoms with van der Waals surface area (Å²) in [6.45, 7) is 10.5. The molecular weight excluding hydrogens is 383 g/mol. The minimum Gasteiger partial charge on any atom is -1.00 e.